The van der Waals surface area contributed by atoms with Crippen LogP contribution in [-0.2, 0) is 6.42 Å². The highest BCUT2D eigenvalue weighted by atomic mass is 16.5. The molecule has 0 unspecified atom stereocenters. The largest absolute Gasteiger partial charge is 0.507 e. The number of hydrogen-bond donors (Lipinski definition) is 2. The number of rotatable bonds is 7. The molecule has 4 aromatic rings. The van der Waals surface area contributed by atoms with Crippen LogP contribution in [0.5, 0.6) is 11.5 Å². The number of methoxy groups -OCH3 is 1. The number of benzene rings is 2. The molecule has 0 atom stereocenters. The Morgan fingerprint density at radius 1 is 1.19 bits per heavy atom. The van der Waals surface area contributed by atoms with Gasteiger partial charge in [0, 0.05) is 11.8 Å². The molecule has 0 aliphatic heterocycles. The first-order valence-corrected chi connectivity index (χ1v) is 9.85. The quantitative estimate of drug-likeness (QED) is 0.265. The van der Waals surface area contributed by atoms with Gasteiger partial charge in [0.1, 0.15) is 17.0 Å². The van der Waals surface area contributed by atoms with E-state index in [1.165, 1.54) is 10.8 Å². The fraction of sp³-hybridized carbons (Fsp3) is 0.0833. The predicted octanol–water partition coefficient (Wildman–Crippen LogP) is 3.67. The van der Waals surface area contributed by atoms with E-state index >= 15 is 0 Å². The summed E-state index contributed by atoms with van der Waals surface area (Å²) >= 11 is 0. The van der Waals surface area contributed by atoms with Crippen molar-refractivity contribution in [2.24, 2.45) is 5.10 Å². The van der Waals surface area contributed by atoms with Gasteiger partial charge in [-0.2, -0.15) is 5.10 Å². The zero-order valence-electron chi connectivity index (χ0n) is 17.4. The van der Waals surface area contributed by atoms with Gasteiger partial charge in [0.05, 0.1) is 19.0 Å². The zero-order chi connectivity index (χ0) is 22.5. The molecular weight excluding hydrogens is 406 g/mol. The van der Waals surface area contributed by atoms with Crippen LogP contribution in [0.15, 0.2) is 83.3 Å². The minimum Gasteiger partial charge on any atom is -0.507 e. The van der Waals surface area contributed by atoms with Crippen molar-refractivity contribution < 1.29 is 9.84 Å². The Morgan fingerprint density at radius 2 is 2.00 bits per heavy atom. The van der Waals surface area contributed by atoms with Crippen LogP contribution in [-0.4, -0.2) is 33.0 Å². The molecule has 32 heavy (non-hydrogen) atoms. The highest BCUT2D eigenvalue weighted by Gasteiger charge is 2.13. The van der Waals surface area contributed by atoms with Gasteiger partial charge in [-0.1, -0.05) is 18.2 Å². The van der Waals surface area contributed by atoms with E-state index in [9.17, 15) is 9.90 Å². The number of hydrogen-bond acceptors (Lipinski definition) is 7. The third-order valence-electron chi connectivity index (χ3n) is 4.84. The summed E-state index contributed by atoms with van der Waals surface area (Å²) in [6.07, 6.45) is 5.29. The van der Waals surface area contributed by atoms with Gasteiger partial charge in [-0.05, 0) is 54.4 Å². The van der Waals surface area contributed by atoms with Gasteiger partial charge < -0.3 is 9.84 Å². The highest BCUT2D eigenvalue weighted by Crippen LogP contribution is 2.22. The van der Waals surface area contributed by atoms with Gasteiger partial charge in [-0.3, -0.25) is 14.8 Å². The Balaban J connectivity index is 1.73. The lowest BCUT2D eigenvalue weighted by molar-refractivity contribution is 0.414. The molecule has 8 nitrogen and oxygen atoms in total. The number of para-hydroxylation sites is 1. The van der Waals surface area contributed by atoms with Crippen LogP contribution < -0.4 is 15.7 Å². The summed E-state index contributed by atoms with van der Waals surface area (Å²) in [5.74, 6) is 0.818. The van der Waals surface area contributed by atoms with Gasteiger partial charge in [-0.15, -0.1) is 6.58 Å². The third-order valence-corrected chi connectivity index (χ3v) is 4.84. The highest BCUT2D eigenvalue weighted by molar-refractivity contribution is 5.84. The second-order valence-electron chi connectivity index (χ2n) is 6.86. The molecule has 2 aromatic carbocycles. The monoisotopic (exact) mass is 427 g/mol. The summed E-state index contributed by atoms with van der Waals surface area (Å²) in [7, 11) is 1.58. The summed E-state index contributed by atoms with van der Waals surface area (Å²) in [6.45, 7) is 3.69. The van der Waals surface area contributed by atoms with Crippen molar-refractivity contribution in [1.82, 2.24) is 14.5 Å². The number of hydrazone groups is 1. The summed E-state index contributed by atoms with van der Waals surface area (Å²) in [5, 5.41) is 14.5. The van der Waals surface area contributed by atoms with Crippen LogP contribution in [0, 0.1) is 0 Å². The lowest BCUT2D eigenvalue weighted by Crippen LogP contribution is -2.23. The van der Waals surface area contributed by atoms with Gasteiger partial charge >= 0.3 is 5.56 Å². The first kappa shape index (κ1) is 20.8. The van der Waals surface area contributed by atoms with Gasteiger partial charge in [0.15, 0.2) is 5.65 Å². The standard InChI is InChI=1S/C24H21N5O3/c1-3-6-16-7-4-8-17(21(16)30)15-26-28-22-24(31)29(18-10-12-19(32-2)13-11-18)23-20(27-22)9-5-14-25-23/h3-5,7-15,30H,1,6H2,2H3,(H,27,28)/b26-15+. The number of nitrogens with one attached hydrogen (secondary N) is 1. The van der Waals surface area contributed by atoms with Gasteiger partial charge in [0.25, 0.3) is 0 Å². The van der Waals surface area contributed by atoms with Gasteiger partial charge in [-0.25, -0.2) is 9.97 Å². The lowest BCUT2D eigenvalue weighted by Gasteiger charge is -2.11. The number of fused-ring (bicyclic) bond motifs is 1. The smallest absolute Gasteiger partial charge is 0.301 e. The maximum Gasteiger partial charge on any atom is 0.301 e. The molecule has 0 bridgehead atoms. The van der Waals surface area contributed by atoms with Crippen LogP contribution in [0.1, 0.15) is 11.1 Å². The molecule has 0 fully saturated rings. The molecule has 0 amide bonds. The zero-order valence-corrected chi connectivity index (χ0v) is 17.4. The van der Waals surface area contributed by atoms with E-state index in [-0.39, 0.29) is 11.6 Å². The number of nitrogens with zero attached hydrogens (tertiary/aromatic N) is 4. The van der Waals surface area contributed by atoms with Crippen LogP contribution in [0.4, 0.5) is 5.82 Å². The van der Waals surface area contributed by atoms with E-state index in [1.54, 1.807) is 61.8 Å². The lowest BCUT2D eigenvalue weighted by atomic mass is 10.1. The summed E-state index contributed by atoms with van der Waals surface area (Å²) in [6, 6.07) is 15.9. The van der Waals surface area contributed by atoms with Crippen molar-refractivity contribution in [3.8, 4) is 17.2 Å². The molecule has 2 heterocycles. The molecule has 160 valence electrons. The number of ether oxygens (including phenoxy) is 1. The Kier molecular flexibility index (Phi) is 5.94. The first-order valence-electron chi connectivity index (χ1n) is 9.85. The second kappa shape index (κ2) is 9.13. The topological polar surface area (TPSA) is 102 Å². The van der Waals surface area contributed by atoms with Crippen molar-refractivity contribution in [3.05, 3.63) is 94.9 Å². The molecule has 0 radical (unpaired) electrons. The maximum absolute atomic E-state index is 13.2. The van der Waals surface area contributed by atoms with E-state index in [0.717, 1.165) is 5.56 Å². The minimum absolute atomic E-state index is 0.0271. The van der Waals surface area contributed by atoms with E-state index < -0.39 is 5.56 Å². The third kappa shape index (κ3) is 4.06. The number of pyridine rings is 1. The maximum atomic E-state index is 13.2. The average molecular weight is 427 g/mol. The molecule has 0 saturated carbocycles. The Labute approximate surface area is 184 Å². The summed E-state index contributed by atoms with van der Waals surface area (Å²) in [4.78, 5) is 21.9. The van der Waals surface area contributed by atoms with E-state index in [0.29, 0.717) is 34.6 Å². The van der Waals surface area contributed by atoms with E-state index in [1.807, 2.05) is 12.1 Å². The van der Waals surface area contributed by atoms with Gasteiger partial charge in [0.2, 0.25) is 5.82 Å². The molecule has 2 aromatic heterocycles. The normalized spacial score (nSPS) is 11.0. The average Bonchev–Trinajstić information content (AvgIpc) is 2.82. The molecule has 0 saturated heterocycles. The van der Waals surface area contributed by atoms with Crippen LogP contribution in [0.2, 0.25) is 0 Å². The Morgan fingerprint density at radius 3 is 2.75 bits per heavy atom. The number of phenolic OH excluding ortho intramolecular Hbond substituents is 1. The van der Waals surface area contributed by atoms with Crippen LogP contribution >= 0.6 is 0 Å². The minimum atomic E-state index is -0.414. The van der Waals surface area contributed by atoms with Crippen LogP contribution in [0.25, 0.3) is 16.9 Å². The number of aromatic nitrogens is 3. The molecule has 4 rings (SSSR count). The fourth-order valence-electron chi connectivity index (χ4n) is 3.26. The summed E-state index contributed by atoms with van der Waals surface area (Å²) in [5.41, 5.74) is 5.10. The van der Waals surface area contributed by atoms with Crippen molar-refractivity contribution in [2.45, 2.75) is 6.42 Å². The second-order valence-corrected chi connectivity index (χ2v) is 6.86. The molecule has 8 heteroatoms. The first-order chi connectivity index (χ1) is 15.6. The number of allylic oxidation sites excluding steroid dienone is 1. The molecule has 0 aliphatic rings. The van der Waals surface area contributed by atoms with Crippen molar-refractivity contribution in [2.75, 3.05) is 12.5 Å². The SMILES string of the molecule is C=CCc1cccc(/C=N/Nc2nc3cccnc3n(-c3ccc(OC)cc3)c2=O)c1O. The fourth-order valence-corrected chi connectivity index (χ4v) is 3.26. The van der Waals surface area contributed by atoms with E-state index in [2.05, 4.69) is 27.1 Å². The van der Waals surface area contributed by atoms with E-state index in [4.69, 9.17) is 4.74 Å². The van der Waals surface area contributed by atoms with Crippen molar-refractivity contribution in [1.29, 1.82) is 0 Å². The molecule has 2 N–H and O–H groups in total. The predicted molar refractivity (Wildman–Crippen MR) is 125 cm³/mol. The Bertz CT molecular complexity index is 1360. The van der Waals surface area contributed by atoms with Crippen molar-refractivity contribution >= 4 is 23.2 Å². The number of phenols is 1. The molecule has 0 aliphatic carbocycles. The number of aromatic hydroxyl groups is 1. The summed E-state index contributed by atoms with van der Waals surface area (Å²) < 4.78 is 6.66. The van der Waals surface area contributed by atoms with Crippen molar-refractivity contribution in [3.63, 3.8) is 0 Å². The molecule has 0 spiro atoms. The van der Waals surface area contributed by atoms with Crippen LogP contribution in [0.3, 0.4) is 0 Å². The molecular formula is C24H21N5O3. The Hall–Kier alpha value is -4.46. The number of anilines is 1.